The Labute approximate surface area is 164 Å². The number of para-hydroxylation sites is 1. The highest BCUT2D eigenvalue weighted by Crippen LogP contribution is 2.22. The first-order chi connectivity index (χ1) is 13.5. The van der Waals surface area contributed by atoms with Crippen LogP contribution in [0.25, 0.3) is 10.9 Å². The fourth-order valence-corrected chi connectivity index (χ4v) is 3.92. The van der Waals surface area contributed by atoms with Gasteiger partial charge in [-0.25, -0.2) is 13.1 Å². The van der Waals surface area contributed by atoms with E-state index in [4.69, 9.17) is 4.74 Å². The average molecular weight is 398 g/mol. The van der Waals surface area contributed by atoms with E-state index in [-0.39, 0.29) is 17.0 Å². The van der Waals surface area contributed by atoms with Gasteiger partial charge in [-0.3, -0.25) is 4.68 Å². The number of hydrogen-bond donors (Lipinski definition) is 1. The van der Waals surface area contributed by atoms with Gasteiger partial charge >= 0.3 is 0 Å². The summed E-state index contributed by atoms with van der Waals surface area (Å²) in [4.78, 5) is 0.0532. The van der Waals surface area contributed by atoms with Crippen molar-refractivity contribution < 1.29 is 13.2 Å². The Hall–Kier alpha value is -2.89. The summed E-state index contributed by atoms with van der Waals surface area (Å²) in [5.41, 5.74) is 1.23. The normalized spacial score (nSPS) is 11.4. The molecule has 0 saturated carbocycles. The van der Waals surface area contributed by atoms with Gasteiger partial charge in [0.2, 0.25) is 10.0 Å². The maximum absolute atomic E-state index is 12.5. The Bertz CT molecular complexity index is 1100. The number of sulfonamides is 1. The molecule has 0 atom stereocenters. The maximum atomic E-state index is 12.5. The van der Waals surface area contributed by atoms with Crippen molar-refractivity contribution in [3.8, 4) is 11.8 Å². The fourth-order valence-electron chi connectivity index (χ4n) is 2.82. The third-order valence-corrected chi connectivity index (χ3v) is 5.69. The van der Waals surface area contributed by atoms with Crippen molar-refractivity contribution in [1.82, 2.24) is 14.5 Å². The second-order valence-corrected chi connectivity index (χ2v) is 8.06. The van der Waals surface area contributed by atoms with Gasteiger partial charge in [0, 0.05) is 18.5 Å². The van der Waals surface area contributed by atoms with E-state index >= 15 is 0 Å². The van der Waals surface area contributed by atoms with Crippen molar-refractivity contribution in [3.63, 3.8) is 0 Å². The predicted octanol–water partition coefficient (Wildman–Crippen LogP) is 3.07. The minimum absolute atomic E-state index is 0.0532. The van der Waals surface area contributed by atoms with Crippen LogP contribution in [0.3, 0.4) is 0 Å². The summed E-state index contributed by atoms with van der Waals surface area (Å²) in [6, 6.07) is 14.2. The number of aromatic nitrogens is 2. The monoisotopic (exact) mass is 398 g/mol. The van der Waals surface area contributed by atoms with Crippen LogP contribution < -0.4 is 9.46 Å². The van der Waals surface area contributed by atoms with Gasteiger partial charge in [-0.1, -0.05) is 25.1 Å². The van der Waals surface area contributed by atoms with Crippen LogP contribution in [0, 0.1) is 11.3 Å². The number of fused-ring (bicyclic) bond motifs is 1. The SMILES string of the molecule is CCCOc1ccc(S(=O)(=O)NCCCn2ncc3ccccc32)cc1C#N. The standard InChI is InChI=1S/C20H22N4O3S/c1-2-12-27-20-9-8-18(13-17(20)14-21)28(25,26)23-10-5-11-24-19-7-4-3-6-16(19)15-22-24/h3-4,6-9,13,15,23H,2,5,10-12H2,1H3. The lowest BCUT2D eigenvalue weighted by Gasteiger charge is -2.10. The van der Waals surface area contributed by atoms with Crippen molar-refractivity contribution in [2.75, 3.05) is 13.2 Å². The lowest BCUT2D eigenvalue weighted by molar-refractivity contribution is 0.316. The molecule has 0 bridgehead atoms. The molecular weight excluding hydrogens is 376 g/mol. The molecule has 7 nitrogen and oxygen atoms in total. The Morgan fingerprint density at radius 1 is 1.25 bits per heavy atom. The molecule has 0 unspecified atom stereocenters. The van der Waals surface area contributed by atoms with Crippen molar-refractivity contribution in [2.45, 2.75) is 31.2 Å². The van der Waals surface area contributed by atoms with Crippen LogP contribution in [0.2, 0.25) is 0 Å². The Kier molecular flexibility index (Phi) is 6.29. The summed E-state index contributed by atoms with van der Waals surface area (Å²) in [6.45, 7) is 3.30. The summed E-state index contributed by atoms with van der Waals surface area (Å²) in [5, 5.41) is 14.6. The van der Waals surface area contributed by atoms with Gasteiger partial charge in [-0.15, -0.1) is 0 Å². The molecule has 1 aromatic heterocycles. The van der Waals surface area contributed by atoms with Gasteiger partial charge in [-0.2, -0.15) is 10.4 Å². The molecule has 0 aliphatic carbocycles. The topological polar surface area (TPSA) is 97.0 Å². The van der Waals surface area contributed by atoms with E-state index in [0.717, 1.165) is 17.3 Å². The van der Waals surface area contributed by atoms with Gasteiger partial charge in [-0.05, 0) is 37.1 Å². The highest BCUT2D eigenvalue weighted by molar-refractivity contribution is 7.89. The van der Waals surface area contributed by atoms with Crippen LogP contribution in [0.15, 0.2) is 53.6 Å². The van der Waals surface area contributed by atoms with Gasteiger partial charge in [0.15, 0.2) is 0 Å². The molecule has 1 heterocycles. The second-order valence-electron chi connectivity index (χ2n) is 6.30. The van der Waals surface area contributed by atoms with E-state index in [2.05, 4.69) is 9.82 Å². The van der Waals surface area contributed by atoms with Crippen molar-refractivity contribution in [3.05, 3.63) is 54.2 Å². The molecule has 1 N–H and O–H groups in total. The first-order valence-corrected chi connectivity index (χ1v) is 10.6. The highest BCUT2D eigenvalue weighted by atomic mass is 32.2. The largest absolute Gasteiger partial charge is 0.492 e. The molecule has 0 fully saturated rings. The van der Waals surface area contributed by atoms with Crippen LogP contribution in [0.4, 0.5) is 0 Å². The molecule has 0 radical (unpaired) electrons. The highest BCUT2D eigenvalue weighted by Gasteiger charge is 2.16. The minimum Gasteiger partial charge on any atom is -0.492 e. The summed E-state index contributed by atoms with van der Waals surface area (Å²) >= 11 is 0. The predicted molar refractivity (Wildman–Crippen MR) is 106 cm³/mol. The number of nitrogens with zero attached hydrogens (tertiary/aromatic N) is 3. The zero-order valence-electron chi connectivity index (χ0n) is 15.6. The average Bonchev–Trinajstić information content (AvgIpc) is 3.12. The molecule has 2 aromatic carbocycles. The van der Waals surface area contributed by atoms with Crippen LogP contribution in [-0.4, -0.2) is 31.3 Å². The van der Waals surface area contributed by atoms with Crippen molar-refractivity contribution in [2.24, 2.45) is 0 Å². The number of ether oxygens (including phenoxy) is 1. The minimum atomic E-state index is -3.70. The molecule has 3 rings (SSSR count). The van der Waals surface area contributed by atoms with Crippen LogP contribution in [-0.2, 0) is 16.6 Å². The molecule has 0 spiro atoms. The molecule has 0 aliphatic rings. The number of nitriles is 1. The van der Waals surface area contributed by atoms with E-state index in [1.807, 2.05) is 41.9 Å². The molecule has 146 valence electrons. The fraction of sp³-hybridized carbons (Fsp3) is 0.300. The van der Waals surface area contributed by atoms with Gasteiger partial charge in [0.1, 0.15) is 11.8 Å². The van der Waals surface area contributed by atoms with Crippen LogP contribution >= 0.6 is 0 Å². The molecular formula is C20H22N4O3S. The van der Waals surface area contributed by atoms with Crippen molar-refractivity contribution >= 4 is 20.9 Å². The number of nitrogens with one attached hydrogen (secondary N) is 1. The number of benzene rings is 2. The summed E-state index contributed by atoms with van der Waals surface area (Å²) in [7, 11) is -3.70. The molecule has 0 saturated heterocycles. The van der Waals surface area contributed by atoms with E-state index in [1.165, 1.54) is 18.2 Å². The van der Waals surface area contributed by atoms with Gasteiger partial charge < -0.3 is 4.74 Å². The number of hydrogen-bond acceptors (Lipinski definition) is 5. The van der Waals surface area contributed by atoms with E-state index < -0.39 is 10.0 Å². The van der Waals surface area contributed by atoms with E-state index in [9.17, 15) is 13.7 Å². The Balaban J connectivity index is 1.61. The lowest BCUT2D eigenvalue weighted by atomic mass is 10.2. The van der Waals surface area contributed by atoms with E-state index in [1.54, 1.807) is 6.20 Å². The summed E-state index contributed by atoms with van der Waals surface area (Å²) in [5.74, 6) is 0.397. The van der Waals surface area contributed by atoms with Crippen LogP contribution in [0.1, 0.15) is 25.3 Å². The van der Waals surface area contributed by atoms with Gasteiger partial charge in [0.05, 0.1) is 28.8 Å². The first kappa shape index (κ1) is 19.9. The molecule has 3 aromatic rings. The van der Waals surface area contributed by atoms with E-state index in [0.29, 0.717) is 25.3 Å². The number of aryl methyl sites for hydroxylation is 1. The molecule has 0 amide bonds. The molecule has 28 heavy (non-hydrogen) atoms. The maximum Gasteiger partial charge on any atom is 0.240 e. The third-order valence-electron chi connectivity index (χ3n) is 4.23. The molecule has 0 aliphatic heterocycles. The Morgan fingerprint density at radius 3 is 2.86 bits per heavy atom. The smallest absolute Gasteiger partial charge is 0.240 e. The zero-order valence-corrected chi connectivity index (χ0v) is 16.4. The summed E-state index contributed by atoms with van der Waals surface area (Å²) < 4.78 is 34.9. The first-order valence-electron chi connectivity index (χ1n) is 9.12. The van der Waals surface area contributed by atoms with Gasteiger partial charge in [0.25, 0.3) is 0 Å². The number of rotatable bonds is 9. The van der Waals surface area contributed by atoms with Crippen molar-refractivity contribution in [1.29, 1.82) is 5.26 Å². The van der Waals surface area contributed by atoms with Crippen LogP contribution in [0.5, 0.6) is 5.75 Å². The lowest BCUT2D eigenvalue weighted by Crippen LogP contribution is -2.25. The Morgan fingerprint density at radius 2 is 2.07 bits per heavy atom. The quantitative estimate of drug-likeness (QED) is 0.559. The molecule has 8 heteroatoms. The third kappa shape index (κ3) is 4.50. The zero-order chi connectivity index (χ0) is 20.0. The summed E-state index contributed by atoms with van der Waals surface area (Å²) in [6.07, 6.45) is 3.19. The second kappa shape index (κ2) is 8.87.